The van der Waals surface area contributed by atoms with Gasteiger partial charge in [0.1, 0.15) is 16.9 Å². The molecule has 0 spiro atoms. The highest BCUT2D eigenvalue weighted by Gasteiger charge is 2.21. The van der Waals surface area contributed by atoms with E-state index in [4.69, 9.17) is 0 Å². The van der Waals surface area contributed by atoms with Crippen LogP contribution in [0.2, 0.25) is 0 Å². The number of benzene rings is 2. The highest BCUT2D eigenvalue weighted by molar-refractivity contribution is 8.00. The predicted octanol–water partition coefficient (Wildman–Crippen LogP) is 4.02. The van der Waals surface area contributed by atoms with Gasteiger partial charge in [-0.25, -0.2) is 15.0 Å². The number of thioether (sulfide) groups is 1. The molecule has 6 nitrogen and oxygen atoms in total. The van der Waals surface area contributed by atoms with Crippen LogP contribution in [0.5, 0.6) is 0 Å². The number of rotatable bonds is 5. The Kier molecular flexibility index (Phi) is 4.53. The number of hydrogen-bond donors (Lipinski definition) is 2. The lowest BCUT2D eigenvalue weighted by Crippen LogP contribution is -2.24. The van der Waals surface area contributed by atoms with Crippen LogP contribution in [-0.2, 0) is 4.79 Å². The number of hydrogen-bond acceptors (Lipinski definition) is 5. The Morgan fingerprint density at radius 3 is 2.88 bits per heavy atom. The first-order valence-corrected chi connectivity index (χ1v) is 9.23. The molecule has 2 aromatic heterocycles. The standard InChI is InChI=1S/C19H17N5OS/c1-2-15(26-19-16-17(21-10-20-16)22-11-23-19)18(25)24-14-9-5-7-12-6-3-4-8-13(12)14/h3-11,15H,2H2,1H3,(H,24,25)(H,20,21,22,23)/t15-/m0/s1. The summed E-state index contributed by atoms with van der Waals surface area (Å²) in [5, 5.41) is 5.66. The Balaban J connectivity index is 1.58. The van der Waals surface area contributed by atoms with Gasteiger partial charge in [-0.1, -0.05) is 55.1 Å². The number of imidazole rings is 1. The lowest BCUT2D eigenvalue weighted by atomic mass is 10.1. The summed E-state index contributed by atoms with van der Waals surface area (Å²) in [5.41, 5.74) is 2.18. The molecule has 0 saturated carbocycles. The van der Waals surface area contributed by atoms with E-state index in [0.29, 0.717) is 12.1 Å². The number of aromatic nitrogens is 4. The summed E-state index contributed by atoms with van der Waals surface area (Å²) in [7, 11) is 0. The van der Waals surface area contributed by atoms with Crippen LogP contribution in [0, 0.1) is 0 Å². The molecule has 4 rings (SSSR count). The van der Waals surface area contributed by atoms with Gasteiger partial charge in [0.05, 0.1) is 11.6 Å². The molecule has 0 unspecified atom stereocenters. The van der Waals surface area contributed by atoms with Crippen LogP contribution in [0.3, 0.4) is 0 Å². The molecule has 0 bridgehead atoms. The van der Waals surface area contributed by atoms with Gasteiger partial charge in [-0.05, 0) is 17.9 Å². The molecule has 0 aliphatic rings. The lowest BCUT2D eigenvalue weighted by Gasteiger charge is -2.15. The van der Waals surface area contributed by atoms with E-state index in [-0.39, 0.29) is 11.2 Å². The maximum atomic E-state index is 12.9. The molecule has 0 aliphatic carbocycles. The number of aromatic amines is 1. The summed E-state index contributed by atoms with van der Waals surface area (Å²) >= 11 is 1.42. The second-order valence-corrected chi connectivity index (χ2v) is 7.00. The minimum atomic E-state index is -0.268. The fourth-order valence-electron chi connectivity index (χ4n) is 2.84. The van der Waals surface area contributed by atoms with Gasteiger partial charge in [-0.2, -0.15) is 0 Å². The third kappa shape index (κ3) is 3.13. The number of carbonyl (C=O) groups excluding carboxylic acids is 1. The van der Waals surface area contributed by atoms with Crippen molar-refractivity contribution < 1.29 is 4.79 Å². The summed E-state index contributed by atoms with van der Waals surface area (Å²) in [5.74, 6) is -0.0415. The van der Waals surface area contributed by atoms with E-state index < -0.39 is 0 Å². The van der Waals surface area contributed by atoms with Crippen LogP contribution in [0.25, 0.3) is 21.9 Å². The van der Waals surface area contributed by atoms with Crippen LogP contribution >= 0.6 is 11.8 Å². The minimum absolute atomic E-state index is 0.0415. The first-order chi connectivity index (χ1) is 12.8. The van der Waals surface area contributed by atoms with Crippen molar-refractivity contribution in [1.82, 2.24) is 19.9 Å². The van der Waals surface area contributed by atoms with E-state index in [1.807, 2.05) is 49.4 Å². The minimum Gasteiger partial charge on any atom is -0.341 e. The second kappa shape index (κ2) is 7.13. The van der Waals surface area contributed by atoms with E-state index in [1.54, 1.807) is 6.33 Å². The maximum Gasteiger partial charge on any atom is 0.237 e. The van der Waals surface area contributed by atoms with E-state index in [2.05, 4.69) is 25.3 Å². The van der Waals surface area contributed by atoms with Crippen molar-refractivity contribution in [1.29, 1.82) is 0 Å². The molecule has 26 heavy (non-hydrogen) atoms. The molecule has 2 N–H and O–H groups in total. The quantitative estimate of drug-likeness (QED) is 0.413. The van der Waals surface area contributed by atoms with Crippen molar-refractivity contribution in [2.24, 2.45) is 0 Å². The molecule has 0 fully saturated rings. The number of amides is 1. The van der Waals surface area contributed by atoms with E-state index in [1.165, 1.54) is 18.1 Å². The van der Waals surface area contributed by atoms with Gasteiger partial charge in [0, 0.05) is 11.1 Å². The summed E-state index contributed by atoms with van der Waals surface area (Å²) in [6, 6.07) is 13.9. The highest BCUT2D eigenvalue weighted by atomic mass is 32.2. The van der Waals surface area contributed by atoms with Gasteiger partial charge in [-0.15, -0.1) is 0 Å². The van der Waals surface area contributed by atoms with Crippen LogP contribution in [-0.4, -0.2) is 31.1 Å². The number of carbonyl (C=O) groups is 1. The number of nitrogens with zero attached hydrogens (tertiary/aromatic N) is 3. The molecule has 4 aromatic rings. The largest absolute Gasteiger partial charge is 0.341 e. The van der Waals surface area contributed by atoms with E-state index >= 15 is 0 Å². The second-order valence-electron chi connectivity index (χ2n) is 5.81. The van der Waals surface area contributed by atoms with Gasteiger partial charge in [0.15, 0.2) is 5.65 Å². The summed E-state index contributed by atoms with van der Waals surface area (Å²) in [6.07, 6.45) is 3.74. The number of anilines is 1. The highest BCUT2D eigenvalue weighted by Crippen LogP contribution is 2.30. The van der Waals surface area contributed by atoms with Gasteiger partial charge < -0.3 is 10.3 Å². The van der Waals surface area contributed by atoms with Crippen molar-refractivity contribution in [3.63, 3.8) is 0 Å². The Morgan fingerprint density at radius 2 is 2.00 bits per heavy atom. The fourth-order valence-corrected chi connectivity index (χ4v) is 3.82. The van der Waals surface area contributed by atoms with Gasteiger partial charge >= 0.3 is 0 Å². The smallest absolute Gasteiger partial charge is 0.237 e. The first kappa shape index (κ1) is 16.5. The average Bonchev–Trinajstić information content (AvgIpc) is 3.16. The molecule has 130 valence electrons. The molecular formula is C19H17N5OS. The number of H-pyrrole nitrogens is 1. The number of fused-ring (bicyclic) bond motifs is 2. The molecule has 0 saturated heterocycles. The molecule has 2 heterocycles. The normalized spacial score (nSPS) is 12.3. The molecule has 1 atom stereocenters. The zero-order valence-electron chi connectivity index (χ0n) is 14.1. The van der Waals surface area contributed by atoms with Crippen molar-refractivity contribution >= 4 is 45.3 Å². The molecule has 7 heteroatoms. The van der Waals surface area contributed by atoms with E-state index in [0.717, 1.165) is 27.0 Å². The summed E-state index contributed by atoms with van der Waals surface area (Å²) in [4.78, 5) is 28.5. The van der Waals surface area contributed by atoms with Crippen LogP contribution in [0.15, 0.2) is 60.1 Å². The van der Waals surface area contributed by atoms with Crippen molar-refractivity contribution in [2.75, 3.05) is 5.32 Å². The summed E-state index contributed by atoms with van der Waals surface area (Å²) in [6.45, 7) is 1.99. The topological polar surface area (TPSA) is 83.6 Å². The molecule has 0 aliphatic heterocycles. The Labute approximate surface area is 154 Å². The van der Waals surface area contributed by atoms with Gasteiger partial charge in [0.2, 0.25) is 5.91 Å². The number of nitrogens with one attached hydrogen (secondary N) is 2. The van der Waals surface area contributed by atoms with Crippen LogP contribution < -0.4 is 5.32 Å². The molecule has 2 aromatic carbocycles. The van der Waals surface area contributed by atoms with Crippen molar-refractivity contribution in [3.05, 3.63) is 55.1 Å². The van der Waals surface area contributed by atoms with E-state index in [9.17, 15) is 4.79 Å². The lowest BCUT2D eigenvalue weighted by molar-refractivity contribution is -0.115. The monoisotopic (exact) mass is 363 g/mol. The predicted molar refractivity (Wildman–Crippen MR) is 104 cm³/mol. The Hall–Kier alpha value is -2.93. The first-order valence-electron chi connectivity index (χ1n) is 8.35. The Morgan fingerprint density at radius 1 is 1.15 bits per heavy atom. The van der Waals surface area contributed by atoms with Crippen molar-refractivity contribution in [3.8, 4) is 0 Å². The average molecular weight is 363 g/mol. The van der Waals surface area contributed by atoms with Crippen LogP contribution in [0.1, 0.15) is 13.3 Å². The molecular weight excluding hydrogens is 346 g/mol. The SMILES string of the molecule is CC[C@H](Sc1ncnc2nc[nH]c12)C(=O)Nc1cccc2ccccc12. The zero-order valence-corrected chi connectivity index (χ0v) is 15.0. The fraction of sp³-hybridized carbons (Fsp3) is 0.158. The third-order valence-corrected chi connectivity index (χ3v) is 5.52. The third-order valence-electron chi connectivity index (χ3n) is 4.15. The summed E-state index contributed by atoms with van der Waals surface area (Å²) < 4.78 is 0. The molecule has 0 radical (unpaired) electrons. The maximum absolute atomic E-state index is 12.9. The Bertz CT molecular complexity index is 1070. The van der Waals surface area contributed by atoms with Gasteiger partial charge in [0.25, 0.3) is 0 Å². The van der Waals surface area contributed by atoms with Crippen molar-refractivity contribution in [2.45, 2.75) is 23.6 Å². The van der Waals surface area contributed by atoms with Gasteiger partial charge in [-0.3, -0.25) is 4.79 Å². The van der Waals surface area contributed by atoms with Crippen LogP contribution in [0.4, 0.5) is 5.69 Å². The zero-order chi connectivity index (χ0) is 17.9. The molecule has 1 amide bonds.